The maximum atomic E-state index is 10.8. The zero-order valence-electron chi connectivity index (χ0n) is 8.02. The Morgan fingerprint density at radius 3 is 2.69 bits per heavy atom. The van der Waals surface area contributed by atoms with E-state index in [-0.39, 0.29) is 10.7 Å². The molecule has 0 spiro atoms. The van der Waals surface area contributed by atoms with Crippen molar-refractivity contribution in [1.29, 1.82) is 0 Å². The largest absolute Gasteiger partial charge is 0.369 e. The molecule has 0 radical (unpaired) electrons. The monoisotopic (exact) mass is 306 g/mol. The third-order valence-electron chi connectivity index (χ3n) is 1.96. The number of non-ortho nitro benzene ring substituents is 1. The molecule has 0 saturated heterocycles. The smallest absolute Gasteiger partial charge is 0.270 e. The summed E-state index contributed by atoms with van der Waals surface area (Å²) in [5.74, 6) is -0.505. The van der Waals surface area contributed by atoms with Gasteiger partial charge >= 0.3 is 0 Å². The first-order valence-corrected chi connectivity index (χ1v) is 5.57. The topological polar surface area (TPSA) is 86.2 Å². The predicted molar refractivity (Wildman–Crippen MR) is 63.7 cm³/mol. The predicted octanol–water partition coefficient (Wildman–Crippen LogP) is 2.04. The number of rotatable bonds is 4. The van der Waals surface area contributed by atoms with Crippen LogP contribution in [0.3, 0.4) is 0 Å². The fourth-order valence-electron chi connectivity index (χ4n) is 1.11. The van der Waals surface area contributed by atoms with E-state index in [2.05, 4.69) is 15.9 Å². The lowest BCUT2D eigenvalue weighted by Crippen LogP contribution is -2.25. The Hall–Kier alpha value is -1.14. The number of primary amides is 1. The number of benzene rings is 1. The zero-order valence-corrected chi connectivity index (χ0v) is 10.4. The van der Waals surface area contributed by atoms with Crippen molar-refractivity contribution in [1.82, 2.24) is 0 Å². The van der Waals surface area contributed by atoms with Crippen LogP contribution in [0.4, 0.5) is 5.69 Å². The highest BCUT2D eigenvalue weighted by atomic mass is 79.9. The van der Waals surface area contributed by atoms with E-state index in [1.165, 1.54) is 18.2 Å². The lowest BCUT2D eigenvalue weighted by atomic mass is 10.1. The highest BCUT2D eigenvalue weighted by Crippen LogP contribution is 2.24. The van der Waals surface area contributed by atoms with Crippen LogP contribution in [0.15, 0.2) is 18.2 Å². The van der Waals surface area contributed by atoms with Crippen LogP contribution in [-0.4, -0.2) is 15.7 Å². The number of nitro benzene ring substituents is 1. The Balaban J connectivity index is 2.91. The maximum Gasteiger partial charge on any atom is 0.270 e. The summed E-state index contributed by atoms with van der Waals surface area (Å²) in [6.07, 6.45) is 0.298. The molecule has 16 heavy (non-hydrogen) atoms. The van der Waals surface area contributed by atoms with E-state index in [0.717, 1.165) is 0 Å². The number of hydrogen-bond acceptors (Lipinski definition) is 3. The second-order valence-electron chi connectivity index (χ2n) is 3.11. The van der Waals surface area contributed by atoms with E-state index in [4.69, 9.17) is 17.3 Å². The molecule has 1 atom stereocenters. The SMILES string of the molecule is NC(=O)C(Br)Cc1ccc([N+](=O)[O-])cc1Cl. The Labute approximate surface area is 105 Å². The lowest BCUT2D eigenvalue weighted by Gasteiger charge is -2.07. The first-order chi connectivity index (χ1) is 7.41. The number of carbonyl (C=O) groups is 1. The summed E-state index contributed by atoms with van der Waals surface area (Å²) >= 11 is 8.94. The van der Waals surface area contributed by atoms with Crippen LogP contribution in [0.25, 0.3) is 0 Å². The average molecular weight is 308 g/mol. The summed E-state index contributed by atoms with van der Waals surface area (Å²) in [5.41, 5.74) is 5.62. The van der Waals surface area contributed by atoms with E-state index in [9.17, 15) is 14.9 Å². The van der Waals surface area contributed by atoms with Gasteiger partial charge < -0.3 is 5.73 Å². The van der Waals surface area contributed by atoms with Crippen molar-refractivity contribution in [2.75, 3.05) is 0 Å². The highest BCUT2D eigenvalue weighted by molar-refractivity contribution is 9.10. The van der Waals surface area contributed by atoms with Crippen molar-refractivity contribution in [3.8, 4) is 0 Å². The molecule has 1 unspecified atom stereocenters. The lowest BCUT2D eigenvalue weighted by molar-refractivity contribution is -0.384. The molecule has 1 rings (SSSR count). The van der Waals surface area contributed by atoms with Crippen LogP contribution < -0.4 is 5.73 Å². The highest BCUT2D eigenvalue weighted by Gasteiger charge is 2.15. The van der Waals surface area contributed by atoms with Crippen LogP contribution in [0.5, 0.6) is 0 Å². The normalized spacial score (nSPS) is 12.1. The molecule has 7 heteroatoms. The summed E-state index contributed by atoms with van der Waals surface area (Å²) in [7, 11) is 0. The molecule has 0 aliphatic heterocycles. The summed E-state index contributed by atoms with van der Waals surface area (Å²) in [6.45, 7) is 0. The number of amides is 1. The Morgan fingerprint density at radius 1 is 1.62 bits per heavy atom. The second-order valence-corrected chi connectivity index (χ2v) is 4.62. The van der Waals surface area contributed by atoms with Gasteiger partial charge in [-0.25, -0.2) is 0 Å². The van der Waals surface area contributed by atoms with Gasteiger partial charge in [0.15, 0.2) is 0 Å². The number of hydrogen-bond donors (Lipinski definition) is 1. The number of halogens is 2. The Kier molecular flexibility index (Phi) is 4.26. The summed E-state index contributed by atoms with van der Waals surface area (Å²) in [5, 5.41) is 10.7. The van der Waals surface area contributed by atoms with Crippen molar-refractivity contribution in [3.63, 3.8) is 0 Å². The average Bonchev–Trinajstić information content (AvgIpc) is 2.20. The van der Waals surface area contributed by atoms with Crippen LogP contribution in [-0.2, 0) is 11.2 Å². The van der Waals surface area contributed by atoms with Crippen LogP contribution in [0, 0.1) is 10.1 Å². The molecule has 1 aromatic carbocycles. The molecule has 5 nitrogen and oxygen atoms in total. The van der Waals surface area contributed by atoms with Gasteiger partial charge in [-0.3, -0.25) is 14.9 Å². The summed E-state index contributed by atoms with van der Waals surface area (Å²) < 4.78 is 0. The minimum atomic E-state index is -0.536. The third kappa shape index (κ3) is 3.18. The molecule has 1 aromatic rings. The van der Waals surface area contributed by atoms with E-state index in [0.29, 0.717) is 12.0 Å². The van der Waals surface area contributed by atoms with E-state index < -0.39 is 15.7 Å². The first-order valence-electron chi connectivity index (χ1n) is 4.28. The molecule has 0 aromatic heterocycles. The molecule has 0 bridgehead atoms. The van der Waals surface area contributed by atoms with E-state index >= 15 is 0 Å². The van der Waals surface area contributed by atoms with Gasteiger partial charge in [0.25, 0.3) is 5.69 Å². The van der Waals surface area contributed by atoms with Gasteiger partial charge in [-0.15, -0.1) is 0 Å². The maximum absolute atomic E-state index is 10.8. The molecule has 0 aliphatic rings. The molecule has 0 heterocycles. The Morgan fingerprint density at radius 2 is 2.25 bits per heavy atom. The minimum absolute atomic E-state index is 0.0843. The van der Waals surface area contributed by atoms with Gasteiger partial charge in [0.2, 0.25) is 5.91 Å². The van der Waals surface area contributed by atoms with Crippen molar-refractivity contribution in [3.05, 3.63) is 38.9 Å². The van der Waals surface area contributed by atoms with Gasteiger partial charge in [0.1, 0.15) is 0 Å². The fourth-order valence-corrected chi connectivity index (χ4v) is 1.71. The third-order valence-corrected chi connectivity index (χ3v) is 3.08. The number of nitrogens with two attached hydrogens (primary N) is 1. The quantitative estimate of drug-likeness (QED) is 0.524. The molecule has 86 valence electrons. The molecular formula is C9H8BrClN2O3. The van der Waals surface area contributed by atoms with Crippen molar-refractivity contribution in [2.24, 2.45) is 5.73 Å². The summed E-state index contributed by atoms with van der Waals surface area (Å²) in [4.78, 5) is 20.2. The van der Waals surface area contributed by atoms with Crippen LogP contribution in [0.2, 0.25) is 5.02 Å². The molecule has 2 N–H and O–H groups in total. The van der Waals surface area contributed by atoms with E-state index in [1.807, 2.05) is 0 Å². The second kappa shape index (κ2) is 5.27. The number of nitrogens with zero attached hydrogens (tertiary/aromatic N) is 1. The number of carbonyl (C=O) groups excluding carboxylic acids is 1. The standard InChI is InChI=1S/C9H8BrClN2O3/c10-7(9(12)14)3-5-1-2-6(13(15)16)4-8(5)11/h1-2,4,7H,3H2,(H2,12,14). The molecule has 0 saturated carbocycles. The van der Waals surface area contributed by atoms with Gasteiger partial charge in [-0.2, -0.15) is 0 Å². The number of nitro groups is 1. The van der Waals surface area contributed by atoms with Gasteiger partial charge in [-0.1, -0.05) is 33.6 Å². The first kappa shape index (κ1) is 12.9. The van der Waals surface area contributed by atoms with Crippen molar-refractivity contribution >= 4 is 39.1 Å². The van der Waals surface area contributed by atoms with Crippen LogP contribution in [0.1, 0.15) is 5.56 Å². The zero-order chi connectivity index (χ0) is 12.3. The van der Waals surface area contributed by atoms with Gasteiger partial charge in [0, 0.05) is 12.1 Å². The fraction of sp³-hybridized carbons (Fsp3) is 0.222. The molecule has 0 fully saturated rings. The van der Waals surface area contributed by atoms with Gasteiger partial charge in [-0.05, 0) is 12.0 Å². The van der Waals surface area contributed by atoms with E-state index in [1.54, 1.807) is 0 Å². The van der Waals surface area contributed by atoms with Crippen molar-refractivity contribution in [2.45, 2.75) is 11.2 Å². The summed E-state index contributed by atoms with van der Waals surface area (Å²) in [6, 6.07) is 4.09. The van der Waals surface area contributed by atoms with Gasteiger partial charge in [0.05, 0.1) is 14.8 Å². The molecule has 1 amide bonds. The Bertz CT molecular complexity index is 439. The van der Waals surface area contributed by atoms with Crippen LogP contribution >= 0.6 is 27.5 Å². The number of alkyl halides is 1. The molecule has 0 aliphatic carbocycles. The molecular weight excluding hydrogens is 299 g/mol. The van der Waals surface area contributed by atoms with Crippen molar-refractivity contribution < 1.29 is 9.72 Å². The minimum Gasteiger partial charge on any atom is -0.369 e.